The number of nitrogens with zero attached hydrogens (tertiary/aromatic N) is 5. The second-order valence-electron chi connectivity index (χ2n) is 6.06. The van der Waals surface area contributed by atoms with Gasteiger partial charge in [-0.2, -0.15) is 0 Å². The number of hydrogen-bond donors (Lipinski definition) is 0. The summed E-state index contributed by atoms with van der Waals surface area (Å²) in [7, 11) is 6.08. The van der Waals surface area contributed by atoms with Gasteiger partial charge in [-0.1, -0.05) is 0 Å². The fourth-order valence-electron chi connectivity index (χ4n) is 2.82. The summed E-state index contributed by atoms with van der Waals surface area (Å²) in [6.07, 6.45) is 1.87. The maximum absolute atomic E-state index is 12.0. The molecule has 2 rings (SSSR count). The van der Waals surface area contributed by atoms with Crippen molar-refractivity contribution in [2.75, 3.05) is 40.4 Å². The highest BCUT2D eigenvalue weighted by Crippen LogP contribution is 2.26. The molecule has 0 aromatic carbocycles. The second-order valence-corrected chi connectivity index (χ2v) is 6.06. The predicted molar refractivity (Wildman–Crippen MR) is 83.4 cm³/mol. The summed E-state index contributed by atoms with van der Waals surface area (Å²) in [5, 5.41) is 8.67. The Labute approximate surface area is 132 Å². The minimum atomic E-state index is 0.0894. The van der Waals surface area contributed by atoms with E-state index in [0.29, 0.717) is 12.5 Å². The summed E-state index contributed by atoms with van der Waals surface area (Å²) >= 11 is 0. The van der Waals surface area contributed by atoms with Crippen molar-refractivity contribution < 1.29 is 9.53 Å². The quantitative estimate of drug-likeness (QED) is 0.771. The number of hydrogen-bond acceptors (Lipinski definition) is 5. The fraction of sp³-hybridized carbons (Fsp3) is 0.800. The molecule has 0 bridgehead atoms. The Kier molecular flexibility index (Phi) is 5.90. The molecule has 0 aliphatic carbocycles. The summed E-state index contributed by atoms with van der Waals surface area (Å²) in [4.78, 5) is 15.9. The van der Waals surface area contributed by atoms with Crippen LogP contribution in [-0.2, 0) is 23.1 Å². The second kappa shape index (κ2) is 7.69. The standard InChI is InChI=1S/C15H27N5O2/c1-5-22-11-14(21)20-8-6-12(7-9-20)15-17-16-13(19(15)4)10-18(2)3/h12H,5-11H2,1-4H3. The zero-order valence-corrected chi connectivity index (χ0v) is 14.1. The third kappa shape index (κ3) is 4.04. The van der Waals surface area contributed by atoms with Crippen LogP contribution in [0, 0.1) is 0 Å². The molecule has 22 heavy (non-hydrogen) atoms. The van der Waals surface area contributed by atoms with Gasteiger partial charge in [-0.15, -0.1) is 10.2 Å². The van der Waals surface area contributed by atoms with Crippen molar-refractivity contribution in [3.05, 3.63) is 11.6 Å². The van der Waals surface area contributed by atoms with Crippen molar-refractivity contribution in [3.8, 4) is 0 Å². The highest BCUT2D eigenvalue weighted by Gasteiger charge is 2.27. The molecule has 1 aromatic rings. The smallest absolute Gasteiger partial charge is 0.248 e. The Balaban J connectivity index is 1.92. The molecule has 0 atom stereocenters. The summed E-state index contributed by atoms with van der Waals surface area (Å²) in [5.41, 5.74) is 0. The van der Waals surface area contributed by atoms with Crippen molar-refractivity contribution in [1.29, 1.82) is 0 Å². The van der Waals surface area contributed by atoms with Gasteiger partial charge in [0, 0.05) is 32.7 Å². The normalized spacial score (nSPS) is 16.5. The molecule has 2 heterocycles. The number of aromatic nitrogens is 3. The Morgan fingerprint density at radius 2 is 2.00 bits per heavy atom. The van der Waals surface area contributed by atoms with Crippen molar-refractivity contribution in [3.63, 3.8) is 0 Å². The van der Waals surface area contributed by atoms with E-state index in [1.54, 1.807) is 0 Å². The first-order valence-electron chi connectivity index (χ1n) is 7.91. The molecule has 7 nitrogen and oxygen atoms in total. The molecule has 0 radical (unpaired) electrons. The molecule has 1 aromatic heterocycles. The van der Waals surface area contributed by atoms with Gasteiger partial charge in [-0.05, 0) is 33.9 Å². The average Bonchev–Trinajstić information content (AvgIpc) is 2.85. The lowest BCUT2D eigenvalue weighted by Gasteiger charge is -2.31. The van der Waals surface area contributed by atoms with Crippen molar-refractivity contribution >= 4 is 5.91 Å². The van der Waals surface area contributed by atoms with E-state index in [0.717, 1.165) is 44.1 Å². The van der Waals surface area contributed by atoms with Crippen LogP contribution >= 0.6 is 0 Å². The van der Waals surface area contributed by atoms with Crippen LogP contribution in [0.4, 0.5) is 0 Å². The minimum absolute atomic E-state index is 0.0894. The van der Waals surface area contributed by atoms with Gasteiger partial charge < -0.3 is 19.1 Å². The first-order chi connectivity index (χ1) is 10.5. The molecule has 1 aliphatic rings. The van der Waals surface area contributed by atoms with E-state index in [2.05, 4.69) is 19.7 Å². The Morgan fingerprint density at radius 1 is 1.32 bits per heavy atom. The van der Waals surface area contributed by atoms with Gasteiger partial charge in [-0.3, -0.25) is 4.79 Å². The highest BCUT2D eigenvalue weighted by atomic mass is 16.5. The van der Waals surface area contributed by atoms with Gasteiger partial charge in [0.1, 0.15) is 18.3 Å². The van der Waals surface area contributed by atoms with E-state index in [9.17, 15) is 4.79 Å². The van der Waals surface area contributed by atoms with Crippen LogP contribution in [0.15, 0.2) is 0 Å². The summed E-state index contributed by atoms with van der Waals surface area (Å²) < 4.78 is 7.30. The van der Waals surface area contributed by atoms with Gasteiger partial charge in [0.15, 0.2) is 0 Å². The summed E-state index contributed by atoms with van der Waals surface area (Å²) in [5.74, 6) is 2.49. The van der Waals surface area contributed by atoms with Crippen LogP contribution in [0.5, 0.6) is 0 Å². The Bertz CT molecular complexity index is 492. The minimum Gasteiger partial charge on any atom is -0.372 e. The topological polar surface area (TPSA) is 63.5 Å². The molecule has 0 saturated carbocycles. The molecule has 1 aliphatic heterocycles. The molecule has 1 fully saturated rings. The van der Waals surface area contributed by atoms with Gasteiger partial charge in [-0.25, -0.2) is 0 Å². The molecular weight excluding hydrogens is 282 g/mol. The number of rotatable bonds is 6. The lowest BCUT2D eigenvalue weighted by Crippen LogP contribution is -2.40. The van der Waals surface area contributed by atoms with Crippen LogP contribution in [0.3, 0.4) is 0 Å². The number of carbonyl (C=O) groups is 1. The van der Waals surface area contributed by atoms with Crippen molar-refractivity contribution in [2.45, 2.75) is 32.2 Å². The predicted octanol–water partition coefficient (Wildman–Crippen LogP) is 0.619. The number of carbonyl (C=O) groups excluding carboxylic acids is 1. The lowest BCUT2D eigenvalue weighted by atomic mass is 9.96. The first kappa shape index (κ1) is 16.9. The molecule has 124 valence electrons. The van der Waals surface area contributed by atoms with E-state index < -0.39 is 0 Å². The van der Waals surface area contributed by atoms with E-state index >= 15 is 0 Å². The van der Waals surface area contributed by atoms with Crippen LogP contribution in [0.1, 0.15) is 37.3 Å². The Morgan fingerprint density at radius 3 is 2.59 bits per heavy atom. The average molecular weight is 309 g/mol. The highest BCUT2D eigenvalue weighted by molar-refractivity contribution is 5.77. The maximum atomic E-state index is 12.0. The first-order valence-corrected chi connectivity index (χ1v) is 7.91. The van der Waals surface area contributed by atoms with Crippen LogP contribution in [0.2, 0.25) is 0 Å². The zero-order valence-electron chi connectivity index (χ0n) is 14.1. The largest absolute Gasteiger partial charge is 0.372 e. The molecule has 1 amide bonds. The molecule has 1 saturated heterocycles. The summed E-state index contributed by atoms with van der Waals surface area (Å²) in [6, 6.07) is 0. The maximum Gasteiger partial charge on any atom is 0.248 e. The van der Waals surface area contributed by atoms with Crippen LogP contribution < -0.4 is 0 Å². The van der Waals surface area contributed by atoms with Gasteiger partial charge in [0.25, 0.3) is 0 Å². The zero-order chi connectivity index (χ0) is 16.1. The third-order valence-corrected chi connectivity index (χ3v) is 4.10. The van der Waals surface area contributed by atoms with E-state index in [4.69, 9.17) is 4.74 Å². The van der Waals surface area contributed by atoms with Crippen LogP contribution in [-0.4, -0.2) is 70.9 Å². The number of ether oxygens (including phenoxy) is 1. The molecule has 7 heteroatoms. The van der Waals surface area contributed by atoms with Crippen LogP contribution in [0.25, 0.3) is 0 Å². The van der Waals surface area contributed by atoms with E-state index in [1.165, 1.54) is 0 Å². The lowest BCUT2D eigenvalue weighted by molar-refractivity contribution is -0.137. The number of likely N-dealkylation sites (tertiary alicyclic amines) is 1. The van der Waals surface area contributed by atoms with Gasteiger partial charge in [0.05, 0.1) is 6.54 Å². The third-order valence-electron chi connectivity index (χ3n) is 4.10. The Hall–Kier alpha value is -1.47. The fourth-order valence-corrected chi connectivity index (χ4v) is 2.82. The van der Waals surface area contributed by atoms with Gasteiger partial charge >= 0.3 is 0 Å². The monoisotopic (exact) mass is 309 g/mol. The molecule has 0 unspecified atom stereocenters. The summed E-state index contributed by atoms with van der Waals surface area (Å²) in [6.45, 7) is 5.00. The molecular formula is C15H27N5O2. The van der Waals surface area contributed by atoms with Gasteiger partial charge in [0.2, 0.25) is 5.91 Å². The SMILES string of the molecule is CCOCC(=O)N1CCC(c2nnc(CN(C)C)n2C)CC1. The van der Waals surface area contributed by atoms with Crippen molar-refractivity contribution in [1.82, 2.24) is 24.6 Å². The number of amides is 1. The van der Waals surface area contributed by atoms with E-state index in [1.807, 2.05) is 33.0 Å². The van der Waals surface area contributed by atoms with E-state index in [-0.39, 0.29) is 12.5 Å². The van der Waals surface area contributed by atoms with Crippen molar-refractivity contribution in [2.24, 2.45) is 7.05 Å². The molecule has 0 spiro atoms. The molecule has 0 N–H and O–H groups in total. The number of piperidine rings is 1.